The molecule has 0 unspecified atom stereocenters. The molecule has 0 saturated heterocycles. The van der Waals surface area contributed by atoms with Crippen molar-refractivity contribution in [1.29, 1.82) is 0 Å². The van der Waals surface area contributed by atoms with Crippen molar-refractivity contribution >= 4 is 29.9 Å². The predicted molar refractivity (Wildman–Crippen MR) is 127 cm³/mol. The third-order valence-corrected chi connectivity index (χ3v) is 5.19. The molecule has 3 N–H and O–H groups in total. The van der Waals surface area contributed by atoms with Crippen molar-refractivity contribution in [3.05, 3.63) is 52.6 Å². The first-order valence-electron chi connectivity index (χ1n) is 9.64. The smallest absolute Gasteiger partial charge is 0.191 e. The van der Waals surface area contributed by atoms with Crippen molar-refractivity contribution in [2.24, 2.45) is 4.99 Å². The van der Waals surface area contributed by atoms with Gasteiger partial charge in [0.1, 0.15) is 5.75 Å². The fraction of sp³-hybridized carbons (Fsp3) is 0.409. The van der Waals surface area contributed by atoms with Gasteiger partial charge < -0.3 is 25.2 Å². The number of aromatic hydroxyl groups is 1. The lowest BCUT2D eigenvalue weighted by Gasteiger charge is -2.21. The van der Waals surface area contributed by atoms with Gasteiger partial charge in [-0.25, -0.2) is 0 Å². The Bertz CT molecular complexity index is 855. The number of ether oxygens (including phenoxy) is 2. The molecule has 1 aliphatic rings. The fourth-order valence-corrected chi connectivity index (χ4v) is 3.66. The number of guanidine groups is 1. The molecule has 1 aliphatic carbocycles. The van der Waals surface area contributed by atoms with E-state index in [1.165, 1.54) is 24.0 Å². The van der Waals surface area contributed by atoms with E-state index in [2.05, 4.69) is 21.7 Å². The van der Waals surface area contributed by atoms with E-state index in [0.717, 1.165) is 24.0 Å². The molecule has 158 valence electrons. The van der Waals surface area contributed by atoms with E-state index in [0.29, 0.717) is 36.3 Å². The summed E-state index contributed by atoms with van der Waals surface area (Å²) in [6, 6.07) is 9.68. The van der Waals surface area contributed by atoms with Crippen LogP contribution in [-0.4, -0.2) is 32.3 Å². The quantitative estimate of drug-likeness (QED) is 0.313. The molecule has 0 radical (unpaired) electrons. The number of phenols is 1. The summed E-state index contributed by atoms with van der Waals surface area (Å²) < 4.78 is 10.6. The highest BCUT2D eigenvalue weighted by molar-refractivity contribution is 14.0. The van der Waals surface area contributed by atoms with Gasteiger partial charge in [0.2, 0.25) is 0 Å². The molecule has 0 bridgehead atoms. The lowest BCUT2D eigenvalue weighted by molar-refractivity contribution is 0.354. The highest BCUT2D eigenvalue weighted by Gasteiger charge is 2.16. The molecule has 2 aromatic carbocycles. The first-order valence-corrected chi connectivity index (χ1v) is 9.64. The number of fused-ring (bicyclic) bond motifs is 1. The van der Waals surface area contributed by atoms with Crippen LogP contribution in [0, 0.1) is 0 Å². The first-order chi connectivity index (χ1) is 13.7. The third-order valence-electron chi connectivity index (χ3n) is 5.19. The summed E-state index contributed by atoms with van der Waals surface area (Å²) in [5.41, 5.74) is 4.68. The van der Waals surface area contributed by atoms with Crippen LogP contribution in [0.5, 0.6) is 17.2 Å². The van der Waals surface area contributed by atoms with E-state index in [-0.39, 0.29) is 24.0 Å². The predicted octanol–water partition coefficient (Wildman–Crippen LogP) is 3.77. The van der Waals surface area contributed by atoms with Crippen LogP contribution in [0.3, 0.4) is 0 Å². The van der Waals surface area contributed by atoms with Gasteiger partial charge in [-0.15, -0.1) is 24.0 Å². The van der Waals surface area contributed by atoms with E-state index in [4.69, 9.17) is 9.47 Å². The Morgan fingerprint density at radius 2 is 1.72 bits per heavy atom. The average molecular weight is 511 g/mol. The van der Waals surface area contributed by atoms with Crippen LogP contribution in [0.15, 0.2) is 35.3 Å². The van der Waals surface area contributed by atoms with Crippen molar-refractivity contribution < 1.29 is 14.6 Å². The van der Waals surface area contributed by atoms with Crippen LogP contribution in [0.2, 0.25) is 0 Å². The summed E-state index contributed by atoms with van der Waals surface area (Å²) in [6.07, 6.45) is 4.52. The minimum atomic E-state index is 0. The summed E-state index contributed by atoms with van der Waals surface area (Å²) in [5.74, 6) is 2.44. The minimum absolute atomic E-state index is 0. The lowest BCUT2D eigenvalue weighted by atomic mass is 9.88. The maximum Gasteiger partial charge on any atom is 0.191 e. The molecule has 6 nitrogen and oxygen atoms in total. The van der Waals surface area contributed by atoms with Crippen LogP contribution in [-0.2, 0) is 25.9 Å². The molecule has 0 saturated carbocycles. The van der Waals surface area contributed by atoms with Gasteiger partial charge in [0.05, 0.1) is 14.2 Å². The van der Waals surface area contributed by atoms with Crippen LogP contribution >= 0.6 is 24.0 Å². The molecule has 0 fully saturated rings. The number of aryl methyl sites for hydroxylation is 1. The number of hydrogen-bond acceptors (Lipinski definition) is 4. The first kappa shape index (κ1) is 23.1. The van der Waals surface area contributed by atoms with Crippen LogP contribution in [0.4, 0.5) is 0 Å². The molecule has 0 atom stereocenters. The van der Waals surface area contributed by atoms with Gasteiger partial charge in [-0.05, 0) is 60.6 Å². The number of phenolic OH excluding ortho intramolecular Hbond substituents is 1. The summed E-state index contributed by atoms with van der Waals surface area (Å²) in [7, 11) is 4.99. The number of rotatable bonds is 6. The summed E-state index contributed by atoms with van der Waals surface area (Å²) in [6.45, 7) is 1.14. The zero-order valence-corrected chi connectivity index (χ0v) is 19.6. The highest BCUT2D eigenvalue weighted by Crippen LogP contribution is 2.30. The van der Waals surface area contributed by atoms with Crippen LogP contribution < -0.4 is 20.1 Å². The second-order valence-corrected chi connectivity index (χ2v) is 6.88. The summed E-state index contributed by atoms with van der Waals surface area (Å²) >= 11 is 0. The molecule has 0 heterocycles. The Labute approximate surface area is 189 Å². The summed E-state index contributed by atoms with van der Waals surface area (Å²) in [5, 5.41) is 17.0. The van der Waals surface area contributed by atoms with Gasteiger partial charge in [-0.3, -0.25) is 4.99 Å². The summed E-state index contributed by atoms with van der Waals surface area (Å²) in [4.78, 5) is 4.29. The number of methoxy groups -OCH3 is 2. The van der Waals surface area contributed by atoms with Crippen molar-refractivity contribution in [1.82, 2.24) is 10.6 Å². The van der Waals surface area contributed by atoms with E-state index in [1.807, 2.05) is 18.2 Å². The fourth-order valence-electron chi connectivity index (χ4n) is 3.66. The van der Waals surface area contributed by atoms with Gasteiger partial charge >= 0.3 is 0 Å². The third kappa shape index (κ3) is 5.68. The Morgan fingerprint density at radius 1 is 1.00 bits per heavy atom. The number of benzene rings is 2. The Kier molecular flexibility index (Phi) is 8.88. The number of nitrogens with one attached hydrogen (secondary N) is 2. The molecule has 29 heavy (non-hydrogen) atoms. The van der Waals surface area contributed by atoms with E-state index < -0.39 is 0 Å². The topological polar surface area (TPSA) is 75.1 Å². The van der Waals surface area contributed by atoms with Crippen molar-refractivity contribution in [3.8, 4) is 17.2 Å². The standard InChI is InChI=1S/C22H29N3O3.HI/c1-23-22(24-13-15-8-11-20(27-2)21(12-15)28-3)25-14-18-17-7-5-4-6-16(17)9-10-19(18)26;/h8-12,26H,4-7,13-14H2,1-3H3,(H2,23,24,25);1H. The van der Waals surface area contributed by atoms with E-state index in [1.54, 1.807) is 27.3 Å². The Balaban J connectivity index is 0.00000300. The van der Waals surface area contributed by atoms with Gasteiger partial charge in [0.15, 0.2) is 17.5 Å². The second-order valence-electron chi connectivity index (χ2n) is 6.88. The monoisotopic (exact) mass is 511 g/mol. The maximum absolute atomic E-state index is 10.3. The van der Waals surface area contributed by atoms with Gasteiger partial charge in [-0.2, -0.15) is 0 Å². The number of halogens is 1. The van der Waals surface area contributed by atoms with Gasteiger partial charge in [0, 0.05) is 25.7 Å². The average Bonchev–Trinajstić information content (AvgIpc) is 2.74. The Morgan fingerprint density at radius 3 is 2.45 bits per heavy atom. The molecule has 7 heteroatoms. The SMILES string of the molecule is CN=C(NCc1ccc(OC)c(OC)c1)NCc1c(O)ccc2c1CCCC2.I. The molecule has 2 aromatic rings. The molecule has 0 aliphatic heterocycles. The molecule has 3 rings (SSSR count). The number of aliphatic imine (C=N–C) groups is 1. The molecule has 0 spiro atoms. The van der Waals surface area contributed by atoms with E-state index in [9.17, 15) is 5.11 Å². The van der Waals surface area contributed by atoms with Crippen molar-refractivity contribution in [2.75, 3.05) is 21.3 Å². The lowest BCUT2D eigenvalue weighted by Crippen LogP contribution is -2.36. The van der Waals surface area contributed by atoms with Crippen molar-refractivity contribution in [2.45, 2.75) is 38.8 Å². The molecular weight excluding hydrogens is 481 g/mol. The largest absolute Gasteiger partial charge is 0.508 e. The minimum Gasteiger partial charge on any atom is -0.508 e. The van der Waals surface area contributed by atoms with Gasteiger partial charge in [0.25, 0.3) is 0 Å². The Hall–Kier alpha value is -2.16. The van der Waals surface area contributed by atoms with Crippen molar-refractivity contribution in [3.63, 3.8) is 0 Å². The van der Waals surface area contributed by atoms with Gasteiger partial charge in [-0.1, -0.05) is 12.1 Å². The zero-order chi connectivity index (χ0) is 19.9. The zero-order valence-electron chi connectivity index (χ0n) is 17.2. The number of hydrogen-bond donors (Lipinski definition) is 3. The molecule has 0 aromatic heterocycles. The second kappa shape index (κ2) is 11.1. The molecular formula is C22H30IN3O3. The van der Waals surface area contributed by atoms with Crippen LogP contribution in [0.1, 0.15) is 35.1 Å². The maximum atomic E-state index is 10.3. The number of nitrogens with zero attached hydrogens (tertiary/aromatic N) is 1. The van der Waals surface area contributed by atoms with E-state index >= 15 is 0 Å². The normalized spacial score (nSPS) is 13.1. The highest BCUT2D eigenvalue weighted by atomic mass is 127. The van der Waals surface area contributed by atoms with Crippen LogP contribution in [0.25, 0.3) is 0 Å². The molecule has 0 amide bonds.